The van der Waals surface area contributed by atoms with E-state index in [1.54, 1.807) is 0 Å². The maximum Gasteiger partial charge on any atom is 0.309 e. The lowest BCUT2D eigenvalue weighted by Crippen LogP contribution is -2.37. The number of esters is 1. The summed E-state index contributed by atoms with van der Waals surface area (Å²) in [4.78, 5) is 11.8. The summed E-state index contributed by atoms with van der Waals surface area (Å²) in [5.74, 6) is -0.304. The minimum Gasteiger partial charge on any atom is -0.461 e. The molecule has 3 rings (SSSR count). The smallest absolute Gasteiger partial charge is 0.309 e. The Bertz CT molecular complexity index is 418. The van der Waals surface area contributed by atoms with Gasteiger partial charge in [0.1, 0.15) is 6.10 Å². The van der Waals surface area contributed by atoms with Crippen LogP contribution in [0.5, 0.6) is 0 Å². The van der Waals surface area contributed by atoms with Crippen LogP contribution in [-0.2, 0) is 9.53 Å². The van der Waals surface area contributed by atoms with Crippen LogP contribution >= 0.6 is 0 Å². The number of hydrogen-bond donors (Lipinski definition) is 2. The Balaban J connectivity index is 2.00. The van der Waals surface area contributed by atoms with Crippen LogP contribution < -0.4 is 0 Å². The first-order valence-electron chi connectivity index (χ1n) is 7.16. The van der Waals surface area contributed by atoms with Crippen LogP contribution in [0.25, 0.3) is 0 Å². The Morgan fingerprint density at radius 1 is 1.21 bits per heavy atom. The van der Waals surface area contributed by atoms with Crippen molar-refractivity contribution in [1.82, 2.24) is 0 Å². The van der Waals surface area contributed by atoms with Gasteiger partial charge in [-0.3, -0.25) is 4.79 Å². The van der Waals surface area contributed by atoms with E-state index in [4.69, 9.17) is 4.74 Å². The maximum absolute atomic E-state index is 11.8. The van der Waals surface area contributed by atoms with Crippen molar-refractivity contribution < 1.29 is 19.7 Å². The first-order valence-corrected chi connectivity index (χ1v) is 7.16. The molecule has 0 radical (unpaired) electrons. The summed E-state index contributed by atoms with van der Waals surface area (Å²) in [6.07, 6.45) is -0.00463. The largest absolute Gasteiger partial charge is 0.461 e. The minimum absolute atomic E-state index is 0.0812. The molecule has 106 valence electrons. The molecular weight excluding hydrogens is 244 g/mol. The molecule has 3 aliphatic rings. The van der Waals surface area contributed by atoms with Crippen molar-refractivity contribution in [3.63, 3.8) is 0 Å². The van der Waals surface area contributed by atoms with Crippen molar-refractivity contribution >= 4 is 5.97 Å². The third kappa shape index (κ3) is 1.77. The highest BCUT2D eigenvalue weighted by Gasteiger charge is 2.57. The van der Waals surface area contributed by atoms with Crippen LogP contribution in [0.1, 0.15) is 26.7 Å². The van der Waals surface area contributed by atoms with Gasteiger partial charge in [-0.15, -0.1) is 0 Å². The Hall–Kier alpha value is -0.870. The molecule has 0 aromatic rings. The molecule has 1 aliphatic heterocycles. The third-order valence-corrected chi connectivity index (χ3v) is 5.57. The molecule has 19 heavy (non-hydrogen) atoms. The molecule has 2 saturated carbocycles. The Morgan fingerprint density at radius 2 is 1.89 bits per heavy atom. The van der Waals surface area contributed by atoms with Crippen molar-refractivity contribution in [2.45, 2.75) is 45.0 Å². The summed E-state index contributed by atoms with van der Waals surface area (Å²) >= 11 is 0. The fourth-order valence-electron chi connectivity index (χ4n) is 4.43. The number of ether oxygens (including phenoxy) is 1. The molecule has 2 aliphatic carbocycles. The standard InChI is InChI=1S/C15H22O4/c1-6-4-11(17)13-8(3)15(18)19-14(13)12-7(2)10(16)5-9(6)12/h7-14,16-17H,1,4-5H2,2-3H3/t7-,8+,9+,10+,11-,12+,13+,14-/m1/s1. The van der Waals surface area contributed by atoms with E-state index in [2.05, 4.69) is 6.58 Å². The molecule has 4 heteroatoms. The van der Waals surface area contributed by atoms with Crippen molar-refractivity contribution in [2.24, 2.45) is 29.6 Å². The van der Waals surface area contributed by atoms with Crippen LogP contribution in [0.15, 0.2) is 12.2 Å². The van der Waals surface area contributed by atoms with E-state index in [0.29, 0.717) is 12.8 Å². The number of hydrogen-bond acceptors (Lipinski definition) is 4. The van der Waals surface area contributed by atoms with Gasteiger partial charge in [0.05, 0.1) is 18.1 Å². The molecule has 0 spiro atoms. The number of fused-ring (bicyclic) bond motifs is 3. The SMILES string of the molecule is C=C1C[C@@H](O)[C@H]2[C@H](OC(=O)[C@H]2C)[C@H]2[C@H](C)[C@@H](O)C[C@@H]12. The highest BCUT2D eigenvalue weighted by molar-refractivity contribution is 5.75. The molecular formula is C15H22O4. The van der Waals surface area contributed by atoms with Crippen LogP contribution in [-0.4, -0.2) is 34.5 Å². The molecule has 1 heterocycles. The van der Waals surface area contributed by atoms with Crippen LogP contribution in [0.4, 0.5) is 0 Å². The topological polar surface area (TPSA) is 66.8 Å². The van der Waals surface area contributed by atoms with E-state index in [-0.39, 0.29) is 47.8 Å². The molecule has 3 fully saturated rings. The second-order valence-electron chi connectivity index (χ2n) is 6.54. The van der Waals surface area contributed by atoms with Crippen LogP contribution in [0.3, 0.4) is 0 Å². The van der Waals surface area contributed by atoms with E-state index >= 15 is 0 Å². The lowest BCUT2D eigenvalue weighted by molar-refractivity contribution is -0.146. The normalized spacial score (nSPS) is 53.5. The Labute approximate surface area is 113 Å². The molecule has 8 atom stereocenters. The van der Waals surface area contributed by atoms with Gasteiger partial charge in [-0.05, 0) is 24.7 Å². The number of rotatable bonds is 0. The summed E-state index contributed by atoms with van der Waals surface area (Å²) in [5, 5.41) is 20.5. The van der Waals surface area contributed by atoms with E-state index in [0.717, 1.165) is 5.57 Å². The first-order chi connectivity index (χ1) is 8.91. The third-order valence-electron chi connectivity index (χ3n) is 5.57. The summed E-state index contributed by atoms with van der Waals surface area (Å²) in [5.41, 5.74) is 0.999. The van der Waals surface area contributed by atoms with E-state index in [1.807, 2.05) is 13.8 Å². The zero-order valence-corrected chi connectivity index (χ0v) is 11.5. The van der Waals surface area contributed by atoms with Crippen molar-refractivity contribution in [3.05, 3.63) is 12.2 Å². The first kappa shape index (κ1) is 13.1. The van der Waals surface area contributed by atoms with Gasteiger partial charge in [0.25, 0.3) is 0 Å². The van der Waals surface area contributed by atoms with Crippen molar-refractivity contribution in [1.29, 1.82) is 0 Å². The zero-order chi connectivity index (χ0) is 13.9. The van der Waals surface area contributed by atoms with E-state index < -0.39 is 6.10 Å². The lowest BCUT2D eigenvalue weighted by Gasteiger charge is -2.30. The molecule has 0 unspecified atom stereocenters. The lowest BCUT2D eigenvalue weighted by atomic mass is 9.77. The second kappa shape index (κ2) is 4.32. The number of carbonyl (C=O) groups is 1. The fraction of sp³-hybridized carbons (Fsp3) is 0.800. The van der Waals surface area contributed by atoms with Crippen LogP contribution in [0.2, 0.25) is 0 Å². The van der Waals surface area contributed by atoms with Gasteiger partial charge in [0.15, 0.2) is 0 Å². The highest BCUT2D eigenvalue weighted by atomic mass is 16.6. The van der Waals surface area contributed by atoms with Crippen molar-refractivity contribution in [3.8, 4) is 0 Å². The average molecular weight is 266 g/mol. The summed E-state index contributed by atoms with van der Waals surface area (Å²) in [6.45, 7) is 7.93. The summed E-state index contributed by atoms with van der Waals surface area (Å²) in [7, 11) is 0. The van der Waals surface area contributed by atoms with Gasteiger partial charge in [-0.25, -0.2) is 0 Å². The Kier molecular flexibility index (Phi) is 2.98. The number of carbonyl (C=O) groups excluding carboxylic acids is 1. The minimum atomic E-state index is -0.561. The Morgan fingerprint density at radius 3 is 2.58 bits per heavy atom. The van der Waals surface area contributed by atoms with E-state index in [9.17, 15) is 15.0 Å². The predicted octanol–water partition coefficient (Wildman–Crippen LogP) is 1.12. The number of aliphatic hydroxyl groups excluding tert-OH is 2. The zero-order valence-electron chi connectivity index (χ0n) is 11.5. The highest BCUT2D eigenvalue weighted by Crippen LogP contribution is 2.52. The van der Waals surface area contributed by atoms with Crippen molar-refractivity contribution in [2.75, 3.05) is 0 Å². The quantitative estimate of drug-likeness (QED) is 0.509. The molecule has 4 nitrogen and oxygen atoms in total. The van der Waals surface area contributed by atoms with Gasteiger partial charge >= 0.3 is 5.97 Å². The van der Waals surface area contributed by atoms with Gasteiger partial charge in [0.2, 0.25) is 0 Å². The van der Waals surface area contributed by atoms with Gasteiger partial charge < -0.3 is 14.9 Å². The monoisotopic (exact) mass is 266 g/mol. The maximum atomic E-state index is 11.8. The van der Waals surface area contributed by atoms with E-state index in [1.165, 1.54) is 0 Å². The average Bonchev–Trinajstić information content (AvgIpc) is 2.75. The summed E-state index contributed by atoms with van der Waals surface area (Å²) in [6, 6.07) is 0. The summed E-state index contributed by atoms with van der Waals surface area (Å²) < 4.78 is 5.56. The fourth-order valence-corrected chi connectivity index (χ4v) is 4.43. The molecule has 1 saturated heterocycles. The molecule has 0 aromatic carbocycles. The molecule has 2 N–H and O–H groups in total. The number of aliphatic hydroxyl groups is 2. The molecule has 0 aromatic heterocycles. The van der Waals surface area contributed by atoms with Gasteiger partial charge in [-0.2, -0.15) is 0 Å². The second-order valence-corrected chi connectivity index (χ2v) is 6.54. The van der Waals surface area contributed by atoms with Crippen LogP contribution in [0, 0.1) is 29.6 Å². The van der Waals surface area contributed by atoms with Gasteiger partial charge in [0, 0.05) is 11.8 Å². The van der Waals surface area contributed by atoms with Gasteiger partial charge in [-0.1, -0.05) is 26.0 Å². The molecule has 0 bridgehead atoms. The molecule has 0 amide bonds. The predicted molar refractivity (Wildman–Crippen MR) is 69.1 cm³/mol.